The molecule has 1 aliphatic rings. The number of carbonyl (C=O) groups excluding carboxylic acids is 1. The SMILES string of the molecule is CCOc1ccc(N2C(=O)/C(=C\c3cc(Br)c(OCc4ccc(Cl)cc4Cl)c(Br)c3)SC2=S)cc1. The summed E-state index contributed by atoms with van der Waals surface area (Å²) in [5.74, 6) is 1.19. The Hall–Kier alpha value is -1.55. The number of thiocarbonyl (C=S) groups is 1. The van der Waals surface area contributed by atoms with Crippen LogP contribution >= 0.6 is 79.0 Å². The van der Waals surface area contributed by atoms with Gasteiger partial charge in [-0.3, -0.25) is 9.69 Å². The largest absolute Gasteiger partial charge is 0.494 e. The van der Waals surface area contributed by atoms with Crippen LogP contribution in [0.25, 0.3) is 6.08 Å². The summed E-state index contributed by atoms with van der Waals surface area (Å²) in [5, 5.41) is 1.11. The van der Waals surface area contributed by atoms with Crippen LogP contribution in [0.4, 0.5) is 5.69 Å². The lowest BCUT2D eigenvalue weighted by Gasteiger charge is -2.15. The number of hydrogen-bond acceptors (Lipinski definition) is 5. The molecule has 0 spiro atoms. The molecule has 35 heavy (non-hydrogen) atoms. The average molecular weight is 674 g/mol. The minimum absolute atomic E-state index is 0.172. The Bertz CT molecular complexity index is 1310. The van der Waals surface area contributed by atoms with E-state index in [1.165, 1.54) is 16.7 Å². The molecule has 1 saturated heterocycles. The number of benzene rings is 3. The van der Waals surface area contributed by atoms with Gasteiger partial charge in [0.05, 0.1) is 26.1 Å². The summed E-state index contributed by atoms with van der Waals surface area (Å²) in [6, 6.07) is 16.3. The highest BCUT2D eigenvalue weighted by Crippen LogP contribution is 2.40. The van der Waals surface area contributed by atoms with Gasteiger partial charge in [-0.25, -0.2) is 0 Å². The Balaban J connectivity index is 1.52. The number of hydrogen-bond donors (Lipinski definition) is 0. The van der Waals surface area contributed by atoms with Crippen LogP contribution in [0, 0.1) is 0 Å². The molecule has 0 radical (unpaired) electrons. The summed E-state index contributed by atoms with van der Waals surface area (Å²) in [5.41, 5.74) is 2.33. The van der Waals surface area contributed by atoms with Gasteiger partial charge in [-0.1, -0.05) is 53.2 Å². The number of carbonyl (C=O) groups is 1. The minimum Gasteiger partial charge on any atom is -0.494 e. The highest BCUT2D eigenvalue weighted by molar-refractivity contribution is 9.11. The fourth-order valence-corrected chi connectivity index (χ4v) is 6.50. The van der Waals surface area contributed by atoms with Gasteiger partial charge in [-0.15, -0.1) is 0 Å². The Labute approximate surface area is 239 Å². The molecule has 0 aliphatic carbocycles. The third kappa shape index (κ3) is 6.24. The van der Waals surface area contributed by atoms with Gasteiger partial charge >= 0.3 is 0 Å². The van der Waals surface area contributed by atoms with Crippen LogP contribution in [0.15, 0.2) is 68.4 Å². The lowest BCUT2D eigenvalue weighted by molar-refractivity contribution is -0.113. The topological polar surface area (TPSA) is 38.8 Å². The van der Waals surface area contributed by atoms with Crippen molar-refractivity contribution >= 4 is 101 Å². The van der Waals surface area contributed by atoms with Crippen molar-refractivity contribution in [3.63, 3.8) is 0 Å². The van der Waals surface area contributed by atoms with Crippen LogP contribution in [0.5, 0.6) is 11.5 Å². The van der Waals surface area contributed by atoms with E-state index in [0.717, 1.165) is 25.8 Å². The van der Waals surface area contributed by atoms with Crippen molar-refractivity contribution in [1.29, 1.82) is 0 Å². The van der Waals surface area contributed by atoms with E-state index >= 15 is 0 Å². The lowest BCUT2D eigenvalue weighted by atomic mass is 10.2. The predicted molar refractivity (Wildman–Crippen MR) is 156 cm³/mol. The van der Waals surface area contributed by atoms with Crippen molar-refractivity contribution in [3.05, 3.63) is 89.6 Å². The van der Waals surface area contributed by atoms with Gasteiger partial charge in [0.25, 0.3) is 5.91 Å². The highest BCUT2D eigenvalue weighted by Gasteiger charge is 2.33. The van der Waals surface area contributed by atoms with Crippen molar-refractivity contribution in [3.8, 4) is 11.5 Å². The van der Waals surface area contributed by atoms with E-state index < -0.39 is 0 Å². The maximum absolute atomic E-state index is 13.1. The normalized spacial score (nSPS) is 14.7. The van der Waals surface area contributed by atoms with Crippen LogP contribution < -0.4 is 14.4 Å². The molecule has 180 valence electrons. The van der Waals surface area contributed by atoms with Gasteiger partial charge in [0.1, 0.15) is 18.1 Å². The molecule has 0 bridgehead atoms. The van der Waals surface area contributed by atoms with E-state index in [0.29, 0.717) is 37.3 Å². The second-order valence-corrected chi connectivity index (χ2v) is 11.5. The van der Waals surface area contributed by atoms with Crippen molar-refractivity contribution in [1.82, 2.24) is 0 Å². The van der Waals surface area contributed by atoms with Gasteiger partial charge in [0.15, 0.2) is 4.32 Å². The lowest BCUT2D eigenvalue weighted by Crippen LogP contribution is -2.27. The Kier molecular flexibility index (Phi) is 8.84. The number of rotatable bonds is 7. The summed E-state index contributed by atoms with van der Waals surface area (Å²) >= 11 is 26.1. The van der Waals surface area contributed by atoms with Crippen molar-refractivity contribution in [2.45, 2.75) is 13.5 Å². The number of nitrogens with zero attached hydrogens (tertiary/aromatic N) is 1. The third-order valence-corrected chi connectivity index (χ3v) is 7.97. The number of thioether (sulfide) groups is 1. The highest BCUT2D eigenvalue weighted by atomic mass is 79.9. The summed E-state index contributed by atoms with van der Waals surface area (Å²) in [7, 11) is 0. The molecule has 4 nitrogen and oxygen atoms in total. The molecule has 0 N–H and O–H groups in total. The van der Waals surface area contributed by atoms with E-state index in [4.69, 9.17) is 44.9 Å². The van der Waals surface area contributed by atoms with Gasteiger partial charge in [0.2, 0.25) is 0 Å². The Morgan fingerprint density at radius 1 is 1.03 bits per heavy atom. The molecule has 0 aromatic heterocycles. The van der Waals surface area contributed by atoms with Crippen LogP contribution in [0.3, 0.4) is 0 Å². The van der Waals surface area contributed by atoms with E-state index in [1.54, 1.807) is 12.1 Å². The standard InChI is InChI=1S/C25H17Br2Cl2NO3S2/c1-2-32-18-7-5-17(6-8-18)30-24(31)22(35-25(30)34)11-14-9-19(26)23(20(27)10-14)33-13-15-3-4-16(28)12-21(15)29/h3-12H,2,13H2,1H3/b22-11+. The molecule has 0 saturated carbocycles. The molecule has 1 fully saturated rings. The zero-order valence-electron chi connectivity index (χ0n) is 18.2. The monoisotopic (exact) mass is 671 g/mol. The fourth-order valence-electron chi connectivity index (χ4n) is 3.29. The summed E-state index contributed by atoms with van der Waals surface area (Å²) < 4.78 is 13.4. The zero-order valence-corrected chi connectivity index (χ0v) is 24.5. The minimum atomic E-state index is -0.172. The number of amides is 1. The summed E-state index contributed by atoms with van der Waals surface area (Å²) in [6.45, 7) is 2.77. The number of halogens is 4. The first-order valence-electron chi connectivity index (χ1n) is 10.3. The van der Waals surface area contributed by atoms with Crippen LogP contribution in [-0.4, -0.2) is 16.8 Å². The molecule has 4 rings (SSSR count). The summed E-state index contributed by atoms with van der Waals surface area (Å²) in [4.78, 5) is 15.2. The third-order valence-electron chi connectivity index (χ3n) is 4.91. The van der Waals surface area contributed by atoms with Gasteiger partial charge < -0.3 is 9.47 Å². The number of anilines is 1. The van der Waals surface area contributed by atoms with Gasteiger partial charge in [-0.2, -0.15) is 0 Å². The van der Waals surface area contributed by atoms with Crippen LogP contribution in [0.2, 0.25) is 10.0 Å². The van der Waals surface area contributed by atoms with Crippen molar-refractivity contribution in [2.75, 3.05) is 11.5 Å². The van der Waals surface area contributed by atoms with E-state index in [-0.39, 0.29) is 12.5 Å². The molecular weight excluding hydrogens is 657 g/mol. The molecule has 0 atom stereocenters. The molecular formula is C25H17Br2Cl2NO3S2. The second-order valence-electron chi connectivity index (χ2n) is 7.28. The zero-order chi connectivity index (χ0) is 25.1. The number of ether oxygens (including phenoxy) is 2. The molecule has 10 heteroatoms. The molecule has 1 heterocycles. The summed E-state index contributed by atoms with van der Waals surface area (Å²) in [6.07, 6.45) is 1.81. The quantitative estimate of drug-likeness (QED) is 0.185. The smallest absolute Gasteiger partial charge is 0.270 e. The maximum Gasteiger partial charge on any atom is 0.270 e. The van der Waals surface area contributed by atoms with Crippen LogP contribution in [-0.2, 0) is 11.4 Å². The first-order chi connectivity index (χ1) is 16.8. The average Bonchev–Trinajstić information content (AvgIpc) is 3.08. The predicted octanol–water partition coefficient (Wildman–Crippen LogP) is 8.90. The first-order valence-corrected chi connectivity index (χ1v) is 13.9. The maximum atomic E-state index is 13.1. The van der Waals surface area contributed by atoms with Crippen molar-refractivity contribution in [2.24, 2.45) is 0 Å². The molecule has 3 aromatic carbocycles. The Morgan fingerprint density at radius 3 is 2.34 bits per heavy atom. The van der Waals surface area contributed by atoms with E-state index in [9.17, 15) is 4.79 Å². The van der Waals surface area contributed by atoms with E-state index in [1.807, 2.05) is 55.5 Å². The Morgan fingerprint density at radius 2 is 1.71 bits per heavy atom. The van der Waals surface area contributed by atoms with Crippen molar-refractivity contribution < 1.29 is 14.3 Å². The van der Waals surface area contributed by atoms with Crippen LogP contribution in [0.1, 0.15) is 18.1 Å². The molecule has 1 aliphatic heterocycles. The first kappa shape index (κ1) is 26.5. The molecule has 3 aromatic rings. The molecule has 0 unspecified atom stereocenters. The molecule has 1 amide bonds. The second kappa shape index (κ2) is 11.7. The van der Waals surface area contributed by atoms with Gasteiger partial charge in [-0.05, 0) is 99.0 Å². The van der Waals surface area contributed by atoms with Gasteiger partial charge in [0, 0.05) is 15.6 Å². The fraction of sp³-hybridized carbons (Fsp3) is 0.120. The van der Waals surface area contributed by atoms with E-state index in [2.05, 4.69) is 31.9 Å².